The van der Waals surface area contributed by atoms with Gasteiger partial charge in [-0.1, -0.05) is 59.6 Å². The molecule has 2 heterocycles. The van der Waals surface area contributed by atoms with Crippen LogP contribution in [0.3, 0.4) is 0 Å². The van der Waals surface area contributed by atoms with Gasteiger partial charge in [-0.2, -0.15) is 8.42 Å². The Labute approximate surface area is 249 Å². The van der Waals surface area contributed by atoms with E-state index in [0.717, 1.165) is 11.4 Å². The van der Waals surface area contributed by atoms with Crippen LogP contribution in [0, 0.1) is 0 Å². The summed E-state index contributed by atoms with van der Waals surface area (Å²) in [5, 5.41) is 6.82. The zero-order chi connectivity index (χ0) is 29.0. The van der Waals surface area contributed by atoms with Gasteiger partial charge in [0, 0.05) is 23.5 Å². The summed E-state index contributed by atoms with van der Waals surface area (Å²) in [5.74, 6) is 0.904. The van der Waals surface area contributed by atoms with E-state index in [9.17, 15) is 13.0 Å². The Bertz CT molecular complexity index is 2170. The number of hydrogen-bond acceptors (Lipinski definition) is 8. The first-order valence-corrected chi connectivity index (χ1v) is 14.7. The van der Waals surface area contributed by atoms with Crippen molar-refractivity contribution >= 4 is 72.9 Å². The molecule has 0 bridgehead atoms. The van der Waals surface area contributed by atoms with Crippen molar-refractivity contribution in [3.05, 3.63) is 106 Å². The van der Waals surface area contributed by atoms with Gasteiger partial charge in [0.05, 0.1) is 16.7 Å². The van der Waals surface area contributed by atoms with Crippen molar-refractivity contribution in [2.75, 3.05) is 10.6 Å². The fourth-order valence-corrected chi connectivity index (χ4v) is 5.78. The number of nitrogens with zero attached hydrogens (tertiary/aromatic N) is 2. The minimum absolute atomic E-state index is 0.0309. The molecule has 0 unspecified atom stereocenters. The normalized spacial score (nSPS) is 12.9. The van der Waals surface area contributed by atoms with Crippen molar-refractivity contribution in [3.8, 4) is 23.0 Å². The molecule has 0 radical (unpaired) electrons. The summed E-state index contributed by atoms with van der Waals surface area (Å²) in [4.78, 5) is 8.49. The maximum atomic E-state index is 12.3. The molecule has 9 nitrogen and oxygen atoms in total. The zero-order valence-corrected chi connectivity index (χ0v) is 23.6. The van der Waals surface area contributed by atoms with E-state index >= 15 is 0 Å². The minimum Gasteiger partial charge on any atom is -0.451 e. The number of benzene rings is 5. The van der Waals surface area contributed by atoms with Crippen LogP contribution in [0.4, 0.5) is 28.4 Å². The van der Waals surface area contributed by atoms with Gasteiger partial charge in [0.15, 0.2) is 22.8 Å². The number of ether oxygens (including phenoxy) is 1. The Morgan fingerprint density at radius 3 is 2.36 bits per heavy atom. The van der Waals surface area contributed by atoms with Gasteiger partial charge in [-0.15, -0.1) is 0 Å². The molecule has 208 valence electrons. The van der Waals surface area contributed by atoms with Gasteiger partial charge < -0.3 is 19.8 Å². The summed E-state index contributed by atoms with van der Waals surface area (Å²) in [6.45, 7) is 0. The van der Waals surface area contributed by atoms with Crippen LogP contribution in [0.5, 0.6) is 11.5 Å². The van der Waals surface area contributed by atoms with Crippen LogP contribution >= 0.6 is 23.2 Å². The van der Waals surface area contributed by atoms with E-state index < -0.39 is 15.0 Å². The zero-order valence-electron chi connectivity index (χ0n) is 21.3. The second kappa shape index (κ2) is 10.0. The van der Waals surface area contributed by atoms with E-state index in [1.807, 2.05) is 48.5 Å². The predicted molar refractivity (Wildman–Crippen MR) is 162 cm³/mol. The number of halogens is 2. The molecule has 1 aliphatic carbocycles. The summed E-state index contributed by atoms with van der Waals surface area (Å²) < 4.78 is 46.8. The van der Waals surface area contributed by atoms with Gasteiger partial charge in [0.25, 0.3) is 10.1 Å². The van der Waals surface area contributed by atoms with E-state index in [-0.39, 0.29) is 43.7 Å². The van der Waals surface area contributed by atoms with E-state index in [1.165, 1.54) is 12.1 Å². The maximum absolute atomic E-state index is 12.3. The maximum Gasteiger partial charge on any atom is 0.296 e. The Morgan fingerprint density at radius 1 is 0.881 bits per heavy atom. The molecule has 3 aliphatic rings. The minimum atomic E-state index is -4.67. The van der Waals surface area contributed by atoms with E-state index in [1.54, 1.807) is 30.3 Å². The highest BCUT2D eigenvalue weighted by Gasteiger charge is 2.29. The van der Waals surface area contributed by atoms with Crippen LogP contribution < -0.4 is 20.7 Å². The third-order valence-electron chi connectivity index (χ3n) is 6.55. The quantitative estimate of drug-likeness (QED) is 0.133. The smallest absolute Gasteiger partial charge is 0.296 e. The van der Waals surface area contributed by atoms with E-state index in [2.05, 4.69) is 20.6 Å². The summed E-state index contributed by atoms with van der Waals surface area (Å²) in [5.41, 5.74) is 3.64. The SMILES string of the molecule is O=S(=O)(O)c1cc2nc3c(Cl)c4c(c(Cl)c3oc-2cc1=Nc1ccccc1)Nc1ccc(Nc2ccccc2)cc1O4. The standard InChI is InChI=1S/C30H18Cl2N4O5S/c31-25-27-29(40-22-13-18(11-12-19(22)35-27)33-16-7-3-1-4-8-16)26(32)28-30(25)41-23-14-21(34-17-9-5-2-6-10-17)24(42(37,38)39)15-20(23)36-28/h1-15,33,35H,(H,37,38,39). The molecule has 4 aromatic carbocycles. The molecule has 0 spiro atoms. The van der Waals surface area contributed by atoms with Gasteiger partial charge in [-0.25, -0.2) is 9.98 Å². The van der Waals surface area contributed by atoms with Crippen LogP contribution in [0.15, 0.2) is 105 Å². The lowest BCUT2D eigenvalue weighted by Crippen LogP contribution is -2.16. The van der Waals surface area contributed by atoms with Gasteiger partial charge in [-0.05, 0) is 42.5 Å². The Morgan fingerprint density at radius 2 is 1.62 bits per heavy atom. The molecule has 0 fully saturated rings. The summed E-state index contributed by atoms with van der Waals surface area (Å²) in [7, 11) is -4.67. The molecule has 0 amide bonds. The molecule has 0 atom stereocenters. The van der Waals surface area contributed by atoms with Gasteiger partial charge in [0.2, 0.25) is 0 Å². The van der Waals surface area contributed by atoms with Gasteiger partial charge in [-0.3, -0.25) is 4.55 Å². The number of rotatable bonds is 4. The number of aromatic nitrogens is 1. The first kappa shape index (κ1) is 26.3. The van der Waals surface area contributed by atoms with Gasteiger partial charge in [0.1, 0.15) is 31.8 Å². The molecule has 42 heavy (non-hydrogen) atoms. The Balaban J connectivity index is 1.37. The molecule has 7 rings (SSSR count). The number of para-hydroxylation sites is 2. The monoisotopic (exact) mass is 616 g/mol. The number of anilines is 4. The number of nitrogens with one attached hydrogen (secondary N) is 2. The topological polar surface area (TPSA) is 126 Å². The third kappa shape index (κ3) is 4.70. The molecule has 3 N–H and O–H groups in total. The van der Waals surface area contributed by atoms with Crippen molar-refractivity contribution in [2.24, 2.45) is 4.99 Å². The van der Waals surface area contributed by atoms with Crippen LogP contribution in [0.25, 0.3) is 22.6 Å². The molecule has 0 saturated heterocycles. The molecule has 4 aromatic rings. The second-order valence-electron chi connectivity index (χ2n) is 9.36. The second-order valence-corrected chi connectivity index (χ2v) is 11.5. The Kier molecular flexibility index (Phi) is 6.28. The highest BCUT2D eigenvalue weighted by Crippen LogP contribution is 2.53. The highest BCUT2D eigenvalue weighted by molar-refractivity contribution is 7.85. The van der Waals surface area contributed by atoms with Crippen molar-refractivity contribution in [1.29, 1.82) is 0 Å². The largest absolute Gasteiger partial charge is 0.451 e. The van der Waals surface area contributed by atoms with Crippen molar-refractivity contribution in [2.45, 2.75) is 4.90 Å². The molecule has 0 aromatic heterocycles. The lowest BCUT2D eigenvalue weighted by molar-refractivity contribution is 0.480. The van der Waals surface area contributed by atoms with Crippen molar-refractivity contribution in [3.63, 3.8) is 0 Å². The van der Waals surface area contributed by atoms with Crippen LogP contribution in [-0.4, -0.2) is 18.0 Å². The molecular weight excluding hydrogens is 599 g/mol. The van der Waals surface area contributed by atoms with Crippen molar-refractivity contribution < 1.29 is 22.1 Å². The summed E-state index contributed by atoms with van der Waals surface area (Å²) in [6.07, 6.45) is 0. The lowest BCUT2D eigenvalue weighted by Gasteiger charge is -2.25. The molecule has 12 heteroatoms. The lowest BCUT2D eigenvalue weighted by atomic mass is 10.1. The summed E-state index contributed by atoms with van der Waals surface area (Å²) in [6, 6.07) is 26.5. The first-order chi connectivity index (χ1) is 20.2. The molecule has 0 saturated carbocycles. The fourth-order valence-electron chi connectivity index (χ4n) is 4.63. The molecular formula is C30H18Cl2N4O5S. The van der Waals surface area contributed by atoms with Crippen LogP contribution in [0.2, 0.25) is 10.0 Å². The fraction of sp³-hybridized carbons (Fsp3) is 0. The first-order valence-electron chi connectivity index (χ1n) is 12.5. The number of hydrogen-bond donors (Lipinski definition) is 3. The average molecular weight is 617 g/mol. The predicted octanol–water partition coefficient (Wildman–Crippen LogP) is 8.31. The summed E-state index contributed by atoms with van der Waals surface area (Å²) >= 11 is 13.6. The van der Waals surface area contributed by atoms with Crippen molar-refractivity contribution in [1.82, 2.24) is 4.98 Å². The average Bonchev–Trinajstić information content (AvgIpc) is 2.98. The van der Waals surface area contributed by atoms with Gasteiger partial charge >= 0.3 is 0 Å². The van der Waals surface area contributed by atoms with E-state index in [4.69, 9.17) is 32.4 Å². The van der Waals surface area contributed by atoms with Crippen LogP contribution in [0.1, 0.15) is 0 Å². The molecule has 2 aliphatic heterocycles. The highest BCUT2D eigenvalue weighted by atomic mass is 35.5. The van der Waals surface area contributed by atoms with Crippen LogP contribution in [-0.2, 0) is 10.1 Å². The number of fused-ring (bicyclic) bond motifs is 4. The van der Waals surface area contributed by atoms with E-state index in [0.29, 0.717) is 22.8 Å². The third-order valence-corrected chi connectivity index (χ3v) is 8.15. The Hall–Kier alpha value is -4.61.